The molecule has 4 N–H and O–H groups in total. The fraction of sp³-hybridized carbons (Fsp3) is 0.462. The molecule has 2 amide bonds. The molecule has 0 aromatic heterocycles. The lowest BCUT2D eigenvalue weighted by atomic mass is 10.1. The van der Waals surface area contributed by atoms with Crippen LogP contribution in [0.5, 0.6) is 5.75 Å². The standard InChI is InChI=1S/C13H19N3O2/c14-13(18)15-11-9-10(3-4-12(11)17)5-8-16-6-1-2-7-16/h3-4,9,17H,1-2,5-8H2,(H3,14,15,18). The van der Waals surface area contributed by atoms with Crippen molar-refractivity contribution in [3.8, 4) is 5.75 Å². The van der Waals surface area contributed by atoms with Crippen LogP contribution in [-0.4, -0.2) is 35.7 Å². The molecule has 0 radical (unpaired) electrons. The summed E-state index contributed by atoms with van der Waals surface area (Å²) >= 11 is 0. The molecule has 98 valence electrons. The molecule has 0 bridgehead atoms. The lowest BCUT2D eigenvalue weighted by molar-refractivity contribution is 0.259. The van der Waals surface area contributed by atoms with Crippen molar-refractivity contribution in [2.75, 3.05) is 25.0 Å². The van der Waals surface area contributed by atoms with Crippen LogP contribution < -0.4 is 11.1 Å². The van der Waals surface area contributed by atoms with Crippen LogP contribution in [0.1, 0.15) is 18.4 Å². The third-order valence-corrected chi connectivity index (χ3v) is 3.23. The molecule has 5 nitrogen and oxygen atoms in total. The highest BCUT2D eigenvalue weighted by Gasteiger charge is 2.11. The molecule has 0 atom stereocenters. The minimum Gasteiger partial charge on any atom is -0.506 e. The maximum absolute atomic E-state index is 10.8. The van der Waals surface area contributed by atoms with Crippen molar-refractivity contribution in [2.24, 2.45) is 5.73 Å². The average molecular weight is 249 g/mol. The number of urea groups is 1. The molecule has 0 aliphatic carbocycles. The van der Waals surface area contributed by atoms with Crippen molar-refractivity contribution in [1.82, 2.24) is 4.90 Å². The first-order chi connectivity index (χ1) is 8.65. The first kappa shape index (κ1) is 12.7. The molecule has 18 heavy (non-hydrogen) atoms. The summed E-state index contributed by atoms with van der Waals surface area (Å²) in [6.45, 7) is 3.36. The van der Waals surface area contributed by atoms with Crippen LogP contribution in [0.15, 0.2) is 18.2 Å². The molecule has 1 aliphatic heterocycles. The Hall–Kier alpha value is -1.75. The third kappa shape index (κ3) is 3.37. The van der Waals surface area contributed by atoms with E-state index in [0.29, 0.717) is 5.69 Å². The normalized spacial score (nSPS) is 15.8. The number of rotatable bonds is 4. The van der Waals surface area contributed by atoms with Crippen LogP contribution in [0.25, 0.3) is 0 Å². The van der Waals surface area contributed by atoms with E-state index in [1.807, 2.05) is 6.07 Å². The van der Waals surface area contributed by atoms with Gasteiger partial charge in [0.05, 0.1) is 5.69 Å². The van der Waals surface area contributed by atoms with E-state index in [4.69, 9.17) is 5.73 Å². The average Bonchev–Trinajstić information content (AvgIpc) is 2.82. The number of aromatic hydroxyl groups is 1. The van der Waals surface area contributed by atoms with E-state index in [-0.39, 0.29) is 5.75 Å². The number of phenolic OH excluding ortho intramolecular Hbond substituents is 1. The van der Waals surface area contributed by atoms with E-state index in [2.05, 4.69) is 10.2 Å². The summed E-state index contributed by atoms with van der Waals surface area (Å²) < 4.78 is 0. The molecule has 0 saturated carbocycles. The van der Waals surface area contributed by atoms with Gasteiger partial charge >= 0.3 is 6.03 Å². The van der Waals surface area contributed by atoms with Gasteiger partial charge in [-0.3, -0.25) is 0 Å². The van der Waals surface area contributed by atoms with Crippen LogP contribution in [0.2, 0.25) is 0 Å². The monoisotopic (exact) mass is 249 g/mol. The second-order valence-electron chi connectivity index (χ2n) is 4.64. The molecular formula is C13H19N3O2. The first-order valence-electron chi connectivity index (χ1n) is 6.26. The van der Waals surface area contributed by atoms with Gasteiger partial charge in [-0.05, 0) is 50.0 Å². The van der Waals surface area contributed by atoms with Crippen molar-refractivity contribution in [2.45, 2.75) is 19.3 Å². The molecular weight excluding hydrogens is 230 g/mol. The van der Waals surface area contributed by atoms with Gasteiger partial charge in [0, 0.05) is 6.54 Å². The van der Waals surface area contributed by atoms with E-state index in [1.165, 1.54) is 25.9 Å². The summed E-state index contributed by atoms with van der Waals surface area (Å²) in [5.74, 6) is 0.0405. The lowest BCUT2D eigenvalue weighted by Crippen LogP contribution is -2.22. The maximum atomic E-state index is 10.8. The van der Waals surface area contributed by atoms with Gasteiger partial charge < -0.3 is 21.1 Å². The highest BCUT2D eigenvalue weighted by molar-refractivity contribution is 5.89. The zero-order valence-corrected chi connectivity index (χ0v) is 10.4. The number of primary amides is 1. The Morgan fingerprint density at radius 2 is 2.11 bits per heavy atom. The second-order valence-corrected chi connectivity index (χ2v) is 4.64. The Kier molecular flexibility index (Phi) is 4.04. The van der Waals surface area contributed by atoms with Crippen molar-refractivity contribution in [1.29, 1.82) is 0 Å². The fourth-order valence-corrected chi connectivity index (χ4v) is 2.26. The quantitative estimate of drug-likeness (QED) is 0.708. The molecule has 5 heteroatoms. The van der Waals surface area contributed by atoms with Gasteiger partial charge in [-0.25, -0.2) is 4.79 Å². The number of nitrogens with one attached hydrogen (secondary N) is 1. The van der Waals surface area contributed by atoms with Crippen LogP contribution in [-0.2, 0) is 6.42 Å². The molecule has 1 aliphatic rings. The highest BCUT2D eigenvalue weighted by Crippen LogP contribution is 2.24. The van der Waals surface area contributed by atoms with Crippen molar-refractivity contribution in [3.05, 3.63) is 23.8 Å². The number of hydrogen-bond donors (Lipinski definition) is 3. The van der Waals surface area contributed by atoms with Crippen molar-refractivity contribution < 1.29 is 9.90 Å². The summed E-state index contributed by atoms with van der Waals surface area (Å²) in [6, 6.07) is 4.57. The minimum atomic E-state index is -0.665. The number of benzene rings is 1. The summed E-state index contributed by atoms with van der Waals surface area (Å²) in [7, 11) is 0. The zero-order chi connectivity index (χ0) is 13.0. The van der Waals surface area contributed by atoms with E-state index in [0.717, 1.165) is 18.5 Å². The molecule has 0 spiro atoms. The van der Waals surface area contributed by atoms with Crippen LogP contribution in [0, 0.1) is 0 Å². The Bertz CT molecular complexity index is 428. The van der Waals surface area contributed by atoms with Crippen LogP contribution in [0.3, 0.4) is 0 Å². The number of nitrogens with two attached hydrogens (primary N) is 1. The Balaban J connectivity index is 1.97. The van der Waals surface area contributed by atoms with Crippen molar-refractivity contribution >= 4 is 11.7 Å². The zero-order valence-electron chi connectivity index (χ0n) is 10.4. The molecule has 1 saturated heterocycles. The molecule has 1 aromatic rings. The smallest absolute Gasteiger partial charge is 0.316 e. The van der Waals surface area contributed by atoms with Gasteiger partial charge in [0.15, 0.2) is 0 Å². The molecule has 0 unspecified atom stereocenters. The summed E-state index contributed by atoms with van der Waals surface area (Å²) in [6.07, 6.45) is 3.47. The number of carbonyl (C=O) groups excluding carboxylic acids is 1. The van der Waals surface area contributed by atoms with E-state index in [1.54, 1.807) is 12.1 Å². The van der Waals surface area contributed by atoms with Crippen molar-refractivity contribution in [3.63, 3.8) is 0 Å². The SMILES string of the molecule is NC(=O)Nc1cc(CCN2CCCC2)ccc1O. The fourth-order valence-electron chi connectivity index (χ4n) is 2.26. The Labute approximate surface area is 107 Å². The molecule has 2 rings (SSSR count). The number of carbonyl (C=O) groups is 1. The Morgan fingerprint density at radius 3 is 2.78 bits per heavy atom. The van der Waals surface area contributed by atoms with E-state index >= 15 is 0 Å². The van der Waals surface area contributed by atoms with Gasteiger partial charge in [0.25, 0.3) is 0 Å². The number of amides is 2. The first-order valence-corrected chi connectivity index (χ1v) is 6.26. The van der Waals surface area contributed by atoms with Gasteiger partial charge in [-0.1, -0.05) is 6.07 Å². The molecule has 1 fully saturated rings. The maximum Gasteiger partial charge on any atom is 0.316 e. The summed E-state index contributed by atoms with van der Waals surface area (Å²) in [4.78, 5) is 13.2. The topological polar surface area (TPSA) is 78.6 Å². The predicted molar refractivity (Wildman–Crippen MR) is 70.7 cm³/mol. The largest absolute Gasteiger partial charge is 0.506 e. The number of nitrogens with zero attached hydrogens (tertiary/aromatic N) is 1. The van der Waals surface area contributed by atoms with E-state index in [9.17, 15) is 9.90 Å². The van der Waals surface area contributed by atoms with Gasteiger partial charge in [-0.15, -0.1) is 0 Å². The van der Waals surface area contributed by atoms with Crippen LogP contribution >= 0.6 is 0 Å². The predicted octanol–water partition coefficient (Wildman–Crippen LogP) is 1.52. The number of anilines is 1. The van der Waals surface area contributed by atoms with E-state index < -0.39 is 6.03 Å². The summed E-state index contributed by atoms with van der Waals surface area (Å²) in [5, 5.41) is 12.0. The van der Waals surface area contributed by atoms with Gasteiger partial charge in [0.2, 0.25) is 0 Å². The summed E-state index contributed by atoms with van der Waals surface area (Å²) in [5.41, 5.74) is 6.51. The number of hydrogen-bond acceptors (Lipinski definition) is 3. The molecule has 1 heterocycles. The number of phenols is 1. The molecule has 1 aromatic carbocycles. The number of likely N-dealkylation sites (tertiary alicyclic amines) is 1. The third-order valence-electron chi connectivity index (χ3n) is 3.23. The lowest BCUT2D eigenvalue weighted by Gasteiger charge is -2.15. The Morgan fingerprint density at radius 1 is 1.39 bits per heavy atom. The van der Waals surface area contributed by atoms with Gasteiger partial charge in [0.1, 0.15) is 5.75 Å². The second kappa shape index (κ2) is 5.73. The van der Waals surface area contributed by atoms with Crippen LogP contribution in [0.4, 0.5) is 10.5 Å². The minimum absolute atomic E-state index is 0.0405. The van der Waals surface area contributed by atoms with Gasteiger partial charge in [-0.2, -0.15) is 0 Å². The highest BCUT2D eigenvalue weighted by atomic mass is 16.3.